The highest BCUT2D eigenvalue weighted by Gasteiger charge is 2.09. The van der Waals surface area contributed by atoms with E-state index in [2.05, 4.69) is 27.9 Å². The number of aromatic nitrogens is 2. The van der Waals surface area contributed by atoms with Crippen molar-refractivity contribution in [2.75, 3.05) is 5.32 Å². The number of pyridine rings is 1. The number of hydrogen-bond donors (Lipinski definition) is 2. The summed E-state index contributed by atoms with van der Waals surface area (Å²) in [6.07, 6.45) is 1.67. The molecule has 3 rings (SSSR count). The normalized spacial score (nSPS) is 10.4. The first-order chi connectivity index (χ1) is 10.2. The average Bonchev–Trinajstić information content (AvgIpc) is 2.88. The highest BCUT2D eigenvalue weighted by molar-refractivity contribution is 7.80. The van der Waals surface area contributed by atoms with Crippen molar-refractivity contribution in [1.82, 2.24) is 9.97 Å². The zero-order valence-electron chi connectivity index (χ0n) is 11.3. The fraction of sp³-hybridized carbons (Fsp3) is 0.0667. The molecule has 2 heterocycles. The second kappa shape index (κ2) is 6.15. The fourth-order valence-corrected chi connectivity index (χ4v) is 2.60. The number of ether oxygens (including phenoxy) is 1. The van der Waals surface area contributed by atoms with E-state index in [0.29, 0.717) is 11.6 Å². The van der Waals surface area contributed by atoms with Gasteiger partial charge in [0.15, 0.2) is 16.7 Å². The van der Waals surface area contributed by atoms with Crippen LogP contribution in [0.1, 0.15) is 5.69 Å². The standard InChI is InChI=1S/C15H13N3OS2/c1-10-9-21-15(17-10)18-14-13(7-12(20)8-16-14)19-11-5-3-2-4-6-11/h2-9,20H,1H3,(H,16,17,18). The van der Waals surface area contributed by atoms with Gasteiger partial charge in [-0.3, -0.25) is 0 Å². The van der Waals surface area contributed by atoms with E-state index >= 15 is 0 Å². The Balaban J connectivity index is 1.89. The molecule has 6 heteroatoms. The van der Waals surface area contributed by atoms with Crippen molar-refractivity contribution in [3.63, 3.8) is 0 Å². The van der Waals surface area contributed by atoms with Crippen LogP contribution >= 0.6 is 24.0 Å². The number of benzene rings is 1. The summed E-state index contributed by atoms with van der Waals surface area (Å²) >= 11 is 5.84. The molecule has 3 aromatic rings. The molecule has 1 N–H and O–H groups in total. The van der Waals surface area contributed by atoms with Crippen molar-refractivity contribution in [1.29, 1.82) is 0 Å². The topological polar surface area (TPSA) is 47.0 Å². The van der Waals surface area contributed by atoms with Gasteiger partial charge >= 0.3 is 0 Å². The van der Waals surface area contributed by atoms with Gasteiger partial charge in [0.1, 0.15) is 5.75 Å². The summed E-state index contributed by atoms with van der Waals surface area (Å²) in [7, 11) is 0. The van der Waals surface area contributed by atoms with Crippen LogP contribution in [0.2, 0.25) is 0 Å². The molecule has 2 aromatic heterocycles. The number of rotatable bonds is 4. The lowest BCUT2D eigenvalue weighted by Gasteiger charge is -2.11. The molecule has 0 spiro atoms. The molecule has 21 heavy (non-hydrogen) atoms. The lowest BCUT2D eigenvalue weighted by molar-refractivity contribution is 0.481. The SMILES string of the molecule is Cc1csc(Nc2ncc(S)cc2Oc2ccccc2)n1. The Bertz CT molecular complexity index is 744. The van der Waals surface area contributed by atoms with Gasteiger partial charge in [-0.15, -0.1) is 24.0 Å². The van der Waals surface area contributed by atoms with Gasteiger partial charge in [-0.05, 0) is 25.1 Å². The number of nitrogens with one attached hydrogen (secondary N) is 1. The molecule has 0 aliphatic rings. The number of para-hydroxylation sites is 1. The van der Waals surface area contributed by atoms with Crippen LogP contribution in [0.5, 0.6) is 11.5 Å². The molecule has 0 saturated carbocycles. The Morgan fingerprint density at radius 3 is 2.76 bits per heavy atom. The first-order valence-corrected chi connectivity index (χ1v) is 7.64. The molecule has 1 aromatic carbocycles. The van der Waals surface area contributed by atoms with Crippen LogP contribution < -0.4 is 10.1 Å². The molecule has 0 atom stereocenters. The Kier molecular flexibility index (Phi) is 4.08. The van der Waals surface area contributed by atoms with Crippen LogP contribution in [-0.4, -0.2) is 9.97 Å². The predicted molar refractivity (Wildman–Crippen MR) is 88.1 cm³/mol. The number of hydrogen-bond acceptors (Lipinski definition) is 6. The van der Waals surface area contributed by atoms with Crippen molar-refractivity contribution < 1.29 is 4.74 Å². The number of nitrogens with zero attached hydrogens (tertiary/aromatic N) is 2. The number of thiol groups is 1. The minimum Gasteiger partial charge on any atom is -0.453 e. The van der Waals surface area contributed by atoms with E-state index in [4.69, 9.17) is 4.74 Å². The molecule has 0 fully saturated rings. The van der Waals surface area contributed by atoms with Crippen molar-refractivity contribution in [3.8, 4) is 11.5 Å². The molecule has 0 bridgehead atoms. The number of anilines is 2. The highest BCUT2D eigenvalue weighted by atomic mass is 32.1. The Labute approximate surface area is 132 Å². The molecule has 0 amide bonds. The van der Waals surface area contributed by atoms with Crippen molar-refractivity contribution >= 4 is 34.9 Å². The van der Waals surface area contributed by atoms with Gasteiger partial charge in [0, 0.05) is 16.5 Å². The van der Waals surface area contributed by atoms with Gasteiger partial charge in [0.25, 0.3) is 0 Å². The second-order valence-corrected chi connectivity index (χ2v) is 5.75. The summed E-state index contributed by atoms with van der Waals surface area (Å²) in [4.78, 5) is 9.44. The lowest BCUT2D eigenvalue weighted by atomic mass is 10.3. The summed E-state index contributed by atoms with van der Waals surface area (Å²) < 4.78 is 5.87. The zero-order chi connectivity index (χ0) is 14.7. The minimum absolute atomic E-state index is 0.613. The van der Waals surface area contributed by atoms with Gasteiger partial charge in [-0.2, -0.15) is 0 Å². The molecule has 0 aliphatic heterocycles. The first kappa shape index (κ1) is 13.9. The third-order valence-electron chi connectivity index (χ3n) is 2.65. The minimum atomic E-state index is 0.613. The molecule has 0 unspecified atom stereocenters. The van der Waals surface area contributed by atoms with Crippen LogP contribution in [0.25, 0.3) is 0 Å². The van der Waals surface area contributed by atoms with E-state index in [1.165, 1.54) is 11.3 Å². The van der Waals surface area contributed by atoms with Crippen molar-refractivity contribution in [2.24, 2.45) is 0 Å². The van der Waals surface area contributed by atoms with E-state index in [-0.39, 0.29) is 0 Å². The van der Waals surface area contributed by atoms with Crippen molar-refractivity contribution in [2.45, 2.75) is 11.8 Å². The zero-order valence-corrected chi connectivity index (χ0v) is 13.0. The molecular formula is C15H13N3OS2. The van der Waals surface area contributed by atoms with E-state index in [9.17, 15) is 0 Å². The number of aryl methyl sites for hydroxylation is 1. The summed E-state index contributed by atoms with van der Waals surface area (Å²) in [5.74, 6) is 1.98. The largest absolute Gasteiger partial charge is 0.453 e. The Morgan fingerprint density at radius 2 is 2.05 bits per heavy atom. The third kappa shape index (κ3) is 3.53. The van der Waals surface area contributed by atoms with Crippen LogP contribution in [0.15, 0.2) is 52.9 Å². The average molecular weight is 315 g/mol. The number of thiazole rings is 1. The molecule has 4 nitrogen and oxygen atoms in total. The van der Waals surface area contributed by atoms with E-state index in [0.717, 1.165) is 21.5 Å². The predicted octanol–water partition coefficient (Wildman–Crippen LogP) is 4.67. The van der Waals surface area contributed by atoms with Gasteiger partial charge in [-0.1, -0.05) is 18.2 Å². The van der Waals surface area contributed by atoms with Crippen LogP contribution in [0, 0.1) is 6.92 Å². The quantitative estimate of drug-likeness (QED) is 0.687. The third-order valence-corrected chi connectivity index (χ3v) is 3.77. The van der Waals surface area contributed by atoms with Crippen LogP contribution in [-0.2, 0) is 0 Å². The molecule has 0 aliphatic carbocycles. The molecule has 0 saturated heterocycles. The first-order valence-electron chi connectivity index (χ1n) is 6.32. The van der Waals surface area contributed by atoms with Gasteiger partial charge < -0.3 is 10.1 Å². The summed E-state index contributed by atoms with van der Waals surface area (Å²) in [5, 5.41) is 5.94. The molecule has 106 valence electrons. The fourth-order valence-electron chi connectivity index (χ4n) is 1.73. The van der Waals surface area contributed by atoms with E-state index in [1.54, 1.807) is 6.20 Å². The van der Waals surface area contributed by atoms with Gasteiger partial charge in [0.2, 0.25) is 0 Å². The Morgan fingerprint density at radius 1 is 1.24 bits per heavy atom. The summed E-state index contributed by atoms with van der Waals surface area (Å²) in [6, 6.07) is 11.4. The van der Waals surface area contributed by atoms with Gasteiger partial charge in [0.05, 0.1) is 5.69 Å². The maximum absolute atomic E-state index is 5.87. The van der Waals surface area contributed by atoms with Gasteiger partial charge in [-0.25, -0.2) is 9.97 Å². The highest BCUT2D eigenvalue weighted by Crippen LogP contribution is 2.32. The molecular weight excluding hydrogens is 302 g/mol. The maximum atomic E-state index is 5.87. The molecule has 0 radical (unpaired) electrons. The summed E-state index contributed by atoms with van der Waals surface area (Å²) in [6.45, 7) is 1.95. The van der Waals surface area contributed by atoms with E-state index < -0.39 is 0 Å². The van der Waals surface area contributed by atoms with Crippen LogP contribution in [0.4, 0.5) is 10.9 Å². The monoisotopic (exact) mass is 315 g/mol. The lowest BCUT2D eigenvalue weighted by Crippen LogP contribution is -1.97. The Hall–Kier alpha value is -2.05. The second-order valence-electron chi connectivity index (χ2n) is 4.37. The van der Waals surface area contributed by atoms with E-state index in [1.807, 2.05) is 48.7 Å². The summed E-state index contributed by atoms with van der Waals surface area (Å²) in [5.41, 5.74) is 0.971. The maximum Gasteiger partial charge on any atom is 0.188 e. The smallest absolute Gasteiger partial charge is 0.188 e. The van der Waals surface area contributed by atoms with Crippen LogP contribution in [0.3, 0.4) is 0 Å². The van der Waals surface area contributed by atoms with Crippen molar-refractivity contribution in [3.05, 3.63) is 53.7 Å².